The molecular formula is C8H18N2S. The van der Waals surface area contributed by atoms with Crippen molar-refractivity contribution in [1.29, 1.82) is 0 Å². The van der Waals surface area contributed by atoms with Gasteiger partial charge in [-0.15, -0.1) is 11.8 Å². The fourth-order valence-electron chi connectivity index (χ4n) is 0.709. The van der Waals surface area contributed by atoms with E-state index < -0.39 is 0 Å². The van der Waals surface area contributed by atoms with Crippen molar-refractivity contribution < 1.29 is 0 Å². The van der Waals surface area contributed by atoms with Crippen LogP contribution < -0.4 is 5.32 Å². The first-order valence-electron chi connectivity index (χ1n) is 3.94. The van der Waals surface area contributed by atoms with Gasteiger partial charge in [-0.1, -0.05) is 13.8 Å². The predicted molar refractivity (Wildman–Crippen MR) is 54.4 cm³/mol. The molecule has 3 heteroatoms. The molecule has 1 N–H and O–H groups in total. The number of nitrogens with one attached hydrogen (secondary N) is 1. The number of hydrogen-bond acceptors (Lipinski definition) is 3. The van der Waals surface area contributed by atoms with Crippen LogP contribution in [0.25, 0.3) is 0 Å². The molecular weight excluding hydrogens is 156 g/mol. The van der Waals surface area contributed by atoms with E-state index in [1.807, 2.05) is 25.7 Å². The first kappa shape index (κ1) is 11.0. The van der Waals surface area contributed by atoms with Crippen molar-refractivity contribution in [2.24, 2.45) is 4.99 Å². The highest BCUT2D eigenvalue weighted by atomic mass is 32.2. The maximum atomic E-state index is 4.40. The molecule has 0 radical (unpaired) electrons. The highest BCUT2D eigenvalue weighted by Gasteiger charge is 1.99. The maximum Gasteiger partial charge on any atom is 0.0972 e. The minimum Gasteiger partial charge on any atom is -0.299 e. The number of nitrogens with zero attached hydrogens (tertiary/aromatic N) is 1. The summed E-state index contributed by atoms with van der Waals surface area (Å²) in [6, 6.07) is 0. The molecule has 0 saturated carbocycles. The minimum atomic E-state index is 0.237. The first-order chi connectivity index (χ1) is 5.06. The van der Waals surface area contributed by atoms with Crippen LogP contribution in [0.4, 0.5) is 0 Å². The van der Waals surface area contributed by atoms with Crippen LogP contribution in [0, 0.1) is 0 Å². The molecule has 0 saturated heterocycles. The van der Waals surface area contributed by atoms with E-state index in [0.29, 0.717) is 5.25 Å². The lowest BCUT2D eigenvalue weighted by atomic mass is 10.6. The van der Waals surface area contributed by atoms with E-state index in [0.717, 1.165) is 5.04 Å². The van der Waals surface area contributed by atoms with Crippen molar-refractivity contribution >= 4 is 16.8 Å². The van der Waals surface area contributed by atoms with Gasteiger partial charge in [0.2, 0.25) is 0 Å². The molecule has 0 aliphatic rings. The standard InChI is InChI=1S/C8H18N2S/c1-6(2)11-8(4)10-7(3)9-5/h6-7,9H,1-5H3. The predicted octanol–water partition coefficient (Wildman–Crippen LogP) is 2.11. The summed E-state index contributed by atoms with van der Waals surface area (Å²) in [5.74, 6) is 0. The van der Waals surface area contributed by atoms with Gasteiger partial charge >= 0.3 is 0 Å². The second-order valence-corrected chi connectivity index (χ2v) is 4.55. The summed E-state index contributed by atoms with van der Waals surface area (Å²) in [6.45, 7) is 8.45. The summed E-state index contributed by atoms with van der Waals surface area (Å²) in [4.78, 5) is 4.40. The lowest BCUT2D eigenvalue weighted by Crippen LogP contribution is -2.19. The molecule has 0 spiro atoms. The van der Waals surface area contributed by atoms with Crippen molar-refractivity contribution in [2.75, 3.05) is 7.05 Å². The molecule has 0 rings (SSSR count). The zero-order chi connectivity index (χ0) is 8.85. The molecule has 0 aliphatic carbocycles. The summed E-state index contributed by atoms with van der Waals surface area (Å²) < 4.78 is 0. The fraction of sp³-hybridized carbons (Fsp3) is 0.875. The van der Waals surface area contributed by atoms with Crippen LogP contribution in [0.15, 0.2) is 4.99 Å². The van der Waals surface area contributed by atoms with Gasteiger partial charge < -0.3 is 0 Å². The molecule has 0 heterocycles. The molecule has 0 fully saturated rings. The monoisotopic (exact) mass is 174 g/mol. The number of hydrogen-bond donors (Lipinski definition) is 1. The third kappa shape index (κ3) is 6.38. The summed E-state index contributed by atoms with van der Waals surface area (Å²) in [5.41, 5.74) is 0. The molecule has 0 amide bonds. The number of rotatable bonds is 3. The second kappa shape index (κ2) is 5.61. The average Bonchev–Trinajstić information content (AvgIpc) is 1.85. The van der Waals surface area contributed by atoms with E-state index in [9.17, 15) is 0 Å². The Morgan fingerprint density at radius 3 is 2.27 bits per heavy atom. The van der Waals surface area contributed by atoms with Crippen molar-refractivity contribution in [3.05, 3.63) is 0 Å². The Balaban J connectivity index is 3.79. The van der Waals surface area contributed by atoms with Gasteiger partial charge in [0.1, 0.15) is 0 Å². The Labute approximate surface area is 73.9 Å². The van der Waals surface area contributed by atoms with Gasteiger partial charge in [0.25, 0.3) is 0 Å². The Hall–Kier alpha value is -0.0200. The molecule has 0 bridgehead atoms. The van der Waals surface area contributed by atoms with E-state index in [-0.39, 0.29) is 6.17 Å². The normalized spacial score (nSPS) is 15.6. The highest BCUT2D eigenvalue weighted by Crippen LogP contribution is 2.11. The maximum absolute atomic E-state index is 4.40. The van der Waals surface area contributed by atoms with Crippen LogP contribution in [0.3, 0.4) is 0 Å². The summed E-state index contributed by atoms with van der Waals surface area (Å²) >= 11 is 1.81. The van der Waals surface area contributed by atoms with Gasteiger partial charge in [0.05, 0.1) is 11.2 Å². The lowest BCUT2D eigenvalue weighted by Gasteiger charge is -2.07. The second-order valence-electron chi connectivity index (χ2n) is 2.78. The van der Waals surface area contributed by atoms with Crippen LogP contribution in [0.2, 0.25) is 0 Å². The smallest absolute Gasteiger partial charge is 0.0972 e. The molecule has 2 nitrogen and oxygen atoms in total. The van der Waals surface area contributed by atoms with Crippen LogP contribution in [-0.4, -0.2) is 23.5 Å². The van der Waals surface area contributed by atoms with Crippen LogP contribution in [0.5, 0.6) is 0 Å². The molecule has 0 aromatic carbocycles. The van der Waals surface area contributed by atoms with Gasteiger partial charge in [-0.3, -0.25) is 10.3 Å². The van der Waals surface area contributed by atoms with Gasteiger partial charge in [0, 0.05) is 5.25 Å². The molecule has 0 aromatic heterocycles. The molecule has 0 aliphatic heterocycles. The van der Waals surface area contributed by atoms with E-state index >= 15 is 0 Å². The van der Waals surface area contributed by atoms with Crippen molar-refractivity contribution in [3.63, 3.8) is 0 Å². The SMILES string of the molecule is CNC(C)N=C(C)SC(C)C. The lowest BCUT2D eigenvalue weighted by molar-refractivity contribution is 0.643. The fourth-order valence-corrected chi connectivity index (χ4v) is 1.61. The molecule has 1 atom stereocenters. The zero-order valence-electron chi connectivity index (χ0n) is 8.01. The number of aliphatic imine (C=N–C) groups is 1. The topological polar surface area (TPSA) is 24.4 Å². The summed E-state index contributed by atoms with van der Waals surface area (Å²) in [7, 11) is 1.92. The van der Waals surface area contributed by atoms with Gasteiger partial charge in [-0.05, 0) is 20.9 Å². The van der Waals surface area contributed by atoms with E-state index in [2.05, 4.69) is 31.1 Å². The third-order valence-electron chi connectivity index (χ3n) is 1.20. The zero-order valence-corrected chi connectivity index (χ0v) is 8.83. The van der Waals surface area contributed by atoms with E-state index in [1.54, 1.807) is 0 Å². The Morgan fingerprint density at radius 2 is 1.91 bits per heavy atom. The number of thioether (sulfide) groups is 1. The Morgan fingerprint density at radius 1 is 1.36 bits per heavy atom. The first-order valence-corrected chi connectivity index (χ1v) is 4.82. The average molecular weight is 174 g/mol. The minimum absolute atomic E-state index is 0.237. The van der Waals surface area contributed by atoms with Crippen LogP contribution >= 0.6 is 11.8 Å². The third-order valence-corrected chi connectivity index (χ3v) is 2.12. The van der Waals surface area contributed by atoms with Gasteiger partial charge in [-0.25, -0.2) is 0 Å². The van der Waals surface area contributed by atoms with Crippen molar-refractivity contribution in [2.45, 2.75) is 39.1 Å². The van der Waals surface area contributed by atoms with Crippen LogP contribution in [0.1, 0.15) is 27.7 Å². The Kier molecular flexibility index (Phi) is 5.60. The molecule has 0 aromatic rings. The quantitative estimate of drug-likeness (QED) is 0.523. The molecule has 11 heavy (non-hydrogen) atoms. The van der Waals surface area contributed by atoms with E-state index in [4.69, 9.17) is 0 Å². The van der Waals surface area contributed by atoms with Gasteiger partial charge in [0.15, 0.2) is 0 Å². The summed E-state index contributed by atoms with van der Waals surface area (Å²) in [5, 5.41) is 4.85. The van der Waals surface area contributed by atoms with Crippen molar-refractivity contribution in [3.8, 4) is 0 Å². The molecule has 66 valence electrons. The van der Waals surface area contributed by atoms with Crippen LogP contribution in [-0.2, 0) is 0 Å². The Bertz CT molecular complexity index is 132. The molecule has 1 unspecified atom stereocenters. The highest BCUT2D eigenvalue weighted by molar-refractivity contribution is 8.14. The van der Waals surface area contributed by atoms with Gasteiger partial charge in [-0.2, -0.15) is 0 Å². The van der Waals surface area contributed by atoms with Crippen molar-refractivity contribution in [1.82, 2.24) is 5.32 Å². The largest absolute Gasteiger partial charge is 0.299 e. The summed E-state index contributed by atoms with van der Waals surface area (Å²) in [6.07, 6.45) is 0.237. The van der Waals surface area contributed by atoms with E-state index in [1.165, 1.54) is 0 Å².